The Morgan fingerprint density at radius 2 is 1.85 bits per heavy atom. The number of hydrogen-bond donors (Lipinski definition) is 0. The van der Waals surface area contributed by atoms with Crippen LogP contribution in [0.25, 0.3) is 0 Å². The quantitative estimate of drug-likeness (QED) is 0.785. The molecule has 0 saturated heterocycles. The Bertz CT molecular complexity index is 466. The molecule has 1 aromatic heterocycles. The van der Waals surface area contributed by atoms with Crippen LogP contribution in [0.3, 0.4) is 0 Å². The Morgan fingerprint density at radius 3 is 2.30 bits per heavy atom. The molecule has 4 heteroatoms. The summed E-state index contributed by atoms with van der Waals surface area (Å²) in [5, 5.41) is 4.06. The number of hydrogen-bond acceptors (Lipinski definition) is 3. The van der Waals surface area contributed by atoms with E-state index in [1.165, 1.54) is 5.56 Å². The standard InChI is InChI=1S/C9H17N3O.C7H8/c1-11(2)6-7-13-8-9-4-5-10-12(9)3;1-7-5-3-2-4-6-7/h4-5H,6-8H2,1-3H3;2-6H,1H3. The average Bonchev–Trinajstić information content (AvgIpc) is 2.82. The Balaban J connectivity index is 0.000000240. The summed E-state index contributed by atoms with van der Waals surface area (Å²) in [6.45, 7) is 4.44. The molecule has 0 N–H and O–H groups in total. The van der Waals surface area contributed by atoms with Crippen LogP contribution in [0.1, 0.15) is 11.3 Å². The molecule has 0 bridgehead atoms. The maximum atomic E-state index is 5.47. The first-order valence-electron chi connectivity index (χ1n) is 6.80. The minimum Gasteiger partial charge on any atom is -0.374 e. The summed E-state index contributed by atoms with van der Waals surface area (Å²) in [4.78, 5) is 2.10. The average molecular weight is 275 g/mol. The van der Waals surface area contributed by atoms with Crippen LogP contribution in [0.5, 0.6) is 0 Å². The van der Waals surface area contributed by atoms with Crippen molar-refractivity contribution in [2.24, 2.45) is 7.05 Å². The topological polar surface area (TPSA) is 30.3 Å². The predicted molar refractivity (Wildman–Crippen MR) is 82.6 cm³/mol. The summed E-state index contributed by atoms with van der Waals surface area (Å²) in [7, 11) is 5.99. The lowest BCUT2D eigenvalue weighted by atomic mass is 10.2. The largest absolute Gasteiger partial charge is 0.374 e. The van der Waals surface area contributed by atoms with Gasteiger partial charge in [0.05, 0.1) is 18.9 Å². The molecule has 1 heterocycles. The van der Waals surface area contributed by atoms with E-state index in [2.05, 4.69) is 29.1 Å². The summed E-state index contributed by atoms with van der Waals surface area (Å²) in [5.41, 5.74) is 2.43. The van der Waals surface area contributed by atoms with Gasteiger partial charge in [-0.3, -0.25) is 4.68 Å². The van der Waals surface area contributed by atoms with Gasteiger partial charge < -0.3 is 9.64 Å². The van der Waals surface area contributed by atoms with Gasteiger partial charge in [0.2, 0.25) is 0 Å². The van der Waals surface area contributed by atoms with E-state index in [1.54, 1.807) is 6.20 Å². The molecular weight excluding hydrogens is 250 g/mol. The molecule has 0 unspecified atom stereocenters. The van der Waals surface area contributed by atoms with E-state index >= 15 is 0 Å². The lowest BCUT2D eigenvalue weighted by Crippen LogP contribution is -2.18. The Labute approximate surface area is 122 Å². The third kappa shape index (κ3) is 7.07. The predicted octanol–water partition coefficient (Wildman–Crippen LogP) is 2.49. The van der Waals surface area contributed by atoms with Crippen molar-refractivity contribution in [2.45, 2.75) is 13.5 Å². The minimum atomic E-state index is 0.643. The van der Waals surface area contributed by atoms with Crippen molar-refractivity contribution in [3.05, 3.63) is 53.9 Å². The Hall–Kier alpha value is -1.65. The molecule has 0 radical (unpaired) electrons. The molecule has 20 heavy (non-hydrogen) atoms. The summed E-state index contributed by atoms with van der Waals surface area (Å²) in [6, 6.07) is 12.2. The molecule has 4 nitrogen and oxygen atoms in total. The van der Waals surface area contributed by atoms with Gasteiger partial charge in [0.1, 0.15) is 0 Å². The molecular formula is C16H25N3O. The minimum absolute atomic E-state index is 0.643. The normalized spacial score (nSPS) is 10.2. The van der Waals surface area contributed by atoms with Gasteiger partial charge >= 0.3 is 0 Å². The molecule has 0 saturated carbocycles. The van der Waals surface area contributed by atoms with E-state index < -0.39 is 0 Å². The molecule has 0 aliphatic rings. The monoisotopic (exact) mass is 275 g/mol. The molecule has 0 atom stereocenters. The van der Waals surface area contributed by atoms with E-state index in [0.717, 1.165) is 18.8 Å². The second kappa shape index (κ2) is 9.28. The zero-order valence-electron chi connectivity index (χ0n) is 12.9. The number of benzene rings is 1. The van der Waals surface area contributed by atoms with E-state index in [-0.39, 0.29) is 0 Å². The van der Waals surface area contributed by atoms with Gasteiger partial charge in [-0.15, -0.1) is 0 Å². The molecule has 1 aromatic carbocycles. The maximum absolute atomic E-state index is 5.47. The smallest absolute Gasteiger partial charge is 0.0885 e. The first kappa shape index (κ1) is 16.4. The number of ether oxygens (including phenoxy) is 1. The SMILES string of the molecule is CN(C)CCOCc1ccnn1C.Cc1ccccc1. The van der Waals surface area contributed by atoms with E-state index in [0.29, 0.717) is 6.61 Å². The highest BCUT2D eigenvalue weighted by Crippen LogP contribution is 1.98. The molecule has 0 aliphatic carbocycles. The molecule has 0 spiro atoms. The fourth-order valence-corrected chi connectivity index (χ4v) is 1.50. The van der Waals surface area contributed by atoms with Crippen molar-refractivity contribution in [1.29, 1.82) is 0 Å². The van der Waals surface area contributed by atoms with Gasteiger partial charge in [0.25, 0.3) is 0 Å². The zero-order valence-corrected chi connectivity index (χ0v) is 12.9. The molecule has 110 valence electrons. The first-order valence-corrected chi connectivity index (χ1v) is 6.80. The highest BCUT2D eigenvalue weighted by Gasteiger charge is 1.97. The lowest BCUT2D eigenvalue weighted by Gasteiger charge is -2.09. The number of nitrogens with zero attached hydrogens (tertiary/aromatic N) is 3. The van der Waals surface area contributed by atoms with Crippen molar-refractivity contribution in [3.8, 4) is 0 Å². The number of aryl methyl sites for hydroxylation is 2. The van der Waals surface area contributed by atoms with E-state index in [9.17, 15) is 0 Å². The fraction of sp³-hybridized carbons (Fsp3) is 0.438. The second-order valence-electron chi connectivity index (χ2n) is 4.96. The van der Waals surface area contributed by atoms with Crippen LogP contribution in [0.2, 0.25) is 0 Å². The van der Waals surface area contributed by atoms with Gasteiger partial charge in [0, 0.05) is 19.8 Å². The maximum Gasteiger partial charge on any atom is 0.0885 e. The van der Waals surface area contributed by atoms with Crippen LogP contribution in [0.15, 0.2) is 42.6 Å². The van der Waals surface area contributed by atoms with Crippen LogP contribution in [0, 0.1) is 6.92 Å². The number of rotatable bonds is 5. The highest BCUT2D eigenvalue weighted by atomic mass is 16.5. The van der Waals surface area contributed by atoms with Gasteiger partial charge in [-0.05, 0) is 27.1 Å². The number of aromatic nitrogens is 2. The Morgan fingerprint density at radius 1 is 1.15 bits per heavy atom. The molecule has 2 rings (SSSR count). The van der Waals surface area contributed by atoms with Crippen LogP contribution in [0.4, 0.5) is 0 Å². The van der Waals surface area contributed by atoms with Crippen molar-refractivity contribution in [1.82, 2.24) is 14.7 Å². The van der Waals surface area contributed by atoms with Crippen LogP contribution in [-0.2, 0) is 18.4 Å². The Kier molecular flexibility index (Phi) is 7.62. The summed E-state index contributed by atoms with van der Waals surface area (Å²) in [5.74, 6) is 0. The molecule has 0 aliphatic heterocycles. The highest BCUT2D eigenvalue weighted by molar-refractivity contribution is 5.11. The lowest BCUT2D eigenvalue weighted by molar-refractivity contribution is 0.101. The van der Waals surface area contributed by atoms with Gasteiger partial charge in [0.15, 0.2) is 0 Å². The van der Waals surface area contributed by atoms with Gasteiger partial charge in [-0.2, -0.15) is 5.10 Å². The van der Waals surface area contributed by atoms with Crippen molar-refractivity contribution >= 4 is 0 Å². The summed E-state index contributed by atoms with van der Waals surface area (Å²) in [6.07, 6.45) is 1.78. The first-order chi connectivity index (χ1) is 9.59. The van der Waals surface area contributed by atoms with E-state index in [1.807, 2.05) is 50.1 Å². The van der Waals surface area contributed by atoms with E-state index in [4.69, 9.17) is 4.74 Å². The fourth-order valence-electron chi connectivity index (χ4n) is 1.50. The molecule has 2 aromatic rings. The zero-order chi connectivity index (χ0) is 14.8. The van der Waals surface area contributed by atoms with Gasteiger partial charge in [-0.1, -0.05) is 35.9 Å². The van der Waals surface area contributed by atoms with Crippen LogP contribution >= 0.6 is 0 Å². The summed E-state index contributed by atoms with van der Waals surface area (Å²) < 4.78 is 7.30. The number of likely N-dealkylation sites (N-methyl/N-ethyl adjacent to an activating group) is 1. The molecule has 0 fully saturated rings. The third-order valence-electron chi connectivity index (χ3n) is 2.80. The summed E-state index contributed by atoms with van der Waals surface area (Å²) >= 11 is 0. The van der Waals surface area contributed by atoms with Crippen molar-refractivity contribution < 1.29 is 4.74 Å². The second-order valence-corrected chi connectivity index (χ2v) is 4.96. The third-order valence-corrected chi connectivity index (χ3v) is 2.80. The van der Waals surface area contributed by atoms with Gasteiger partial charge in [-0.25, -0.2) is 0 Å². The van der Waals surface area contributed by atoms with Crippen molar-refractivity contribution in [2.75, 3.05) is 27.2 Å². The van der Waals surface area contributed by atoms with Crippen LogP contribution in [-0.4, -0.2) is 41.9 Å². The van der Waals surface area contributed by atoms with Crippen molar-refractivity contribution in [3.63, 3.8) is 0 Å². The van der Waals surface area contributed by atoms with Crippen LogP contribution < -0.4 is 0 Å². The molecule has 0 amide bonds.